The van der Waals surface area contributed by atoms with E-state index in [1.54, 1.807) is 36.4 Å². The molecule has 0 aliphatic rings. The van der Waals surface area contributed by atoms with E-state index in [1.165, 1.54) is 12.1 Å². The van der Waals surface area contributed by atoms with E-state index < -0.39 is 7.14 Å². The van der Waals surface area contributed by atoms with Crippen LogP contribution in [0.25, 0.3) is 0 Å². The first-order chi connectivity index (χ1) is 13.6. The molecule has 4 aromatic carbocycles. The summed E-state index contributed by atoms with van der Waals surface area (Å²) in [5.41, 5.74) is 0. The number of aromatic hydroxyl groups is 1. The fourth-order valence-electron chi connectivity index (χ4n) is 2.81. The standard InChI is InChI=1S/C18H15O2P.C6H6O.Na/c19-15-11-13-18(14-12-15)21(20,16-7-3-1-4-8-16)17-9-5-2-6-10-17;7-6-4-2-1-3-5-6;/h1-14,19H;1-5,7H;/q;;+1/p-1. The molecular formula is C24H20NaO3P. The van der Waals surface area contributed by atoms with Crippen LogP contribution in [0.3, 0.4) is 0 Å². The predicted molar refractivity (Wildman–Crippen MR) is 113 cm³/mol. The summed E-state index contributed by atoms with van der Waals surface area (Å²) in [6.45, 7) is 0. The molecule has 0 bridgehead atoms. The summed E-state index contributed by atoms with van der Waals surface area (Å²) in [6, 6.07) is 33.9. The Morgan fingerprint density at radius 2 is 0.897 bits per heavy atom. The van der Waals surface area contributed by atoms with Gasteiger partial charge in [0.1, 0.15) is 5.75 Å². The van der Waals surface area contributed by atoms with Gasteiger partial charge in [-0.1, -0.05) is 91.0 Å². The van der Waals surface area contributed by atoms with Crippen LogP contribution in [-0.2, 0) is 4.57 Å². The first-order valence-corrected chi connectivity index (χ1v) is 10.5. The molecule has 140 valence electrons. The van der Waals surface area contributed by atoms with E-state index in [-0.39, 0.29) is 41.1 Å². The number of para-hydroxylation sites is 1. The molecule has 0 aromatic heterocycles. The molecule has 0 amide bonds. The minimum atomic E-state index is -2.91. The van der Waals surface area contributed by atoms with Crippen molar-refractivity contribution in [3.05, 3.63) is 115 Å². The van der Waals surface area contributed by atoms with Crippen molar-refractivity contribution in [3.8, 4) is 11.5 Å². The molecule has 0 fully saturated rings. The van der Waals surface area contributed by atoms with Crippen molar-refractivity contribution in [1.29, 1.82) is 0 Å². The van der Waals surface area contributed by atoms with Gasteiger partial charge in [0.2, 0.25) is 0 Å². The van der Waals surface area contributed by atoms with Gasteiger partial charge in [-0.3, -0.25) is 0 Å². The fourth-order valence-corrected chi connectivity index (χ4v) is 5.45. The first-order valence-electron chi connectivity index (χ1n) is 8.83. The van der Waals surface area contributed by atoms with E-state index in [1.807, 2.05) is 66.7 Å². The second-order valence-electron chi connectivity index (χ2n) is 6.11. The molecule has 0 saturated heterocycles. The number of hydrogen-bond acceptors (Lipinski definition) is 3. The Kier molecular flexibility index (Phi) is 8.75. The van der Waals surface area contributed by atoms with Gasteiger partial charge in [-0.15, -0.1) is 5.75 Å². The Balaban J connectivity index is 0.000000319. The smallest absolute Gasteiger partial charge is 0.872 e. The minimum absolute atomic E-state index is 0. The molecule has 4 rings (SSSR count). The summed E-state index contributed by atoms with van der Waals surface area (Å²) in [4.78, 5) is 0. The van der Waals surface area contributed by atoms with Gasteiger partial charge in [0.25, 0.3) is 0 Å². The quantitative estimate of drug-likeness (QED) is 0.402. The predicted octanol–water partition coefficient (Wildman–Crippen LogP) is 0.796. The third-order valence-electron chi connectivity index (χ3n) is 4.20. The summed E-state index contributed by atoms with van der Waals surface area (Å²) < 4.78 is 13.8. The maximum Gasteiger partial charge on any atom is 1.00 e. The molecule has 0 saturated carbocycles. The molecule has 0 radical (unpaired) electrons. The monoisotopic (exact) mass is 410 g/mol. The van der Waals surface area contributed by atoms with Crippen molar-refractivity contribution in [2.75, 3.05) is 0 Å². The third kappa shape index (κ3) is 5.85. The van der Waals surface area contributed by atoms with Crippen LogP contribution >= 0.6 is 7.14 Å². The largest absolute Gasteiger partial charge is 1.00 e. The average molecular weight is 410 g/mol. The number of rotatable bonds is 3. The van der Waals surface area contributed by atoms with Gasteiger partial charge in [-0.05, 0) is 24.3 Å². The second kappa shape index (κ2) is 11.0. The molecule has 29 heavy (non-hydrogen) atoms. The molecule has 0 atom stereocenters. The second-order valence-corrected chi connectivity index (χ2v) is 8.88. The fraction of sp³-hybridized carbons (Fsp3) is 0. The Morgan fingerprint density at radius 1 is 0.552 bits per heavy atom. The van der Waals surface area contributed by atoms with Crippen LogP contribution in [0, 0.1) is 0 Å². The molecule has 4 aromatic rings. The van der Waals surface area contributed by atoms with Gasteiger partial charge in [-0.25, -0.2) is 0 Å². The Bertz CT molecular complexity index is 994. The zero-order valence-electron chi connectivity index (χ0n) is 16.2. The van der Waals surface area contributed by atoms with Crippen molar-refractivity contribution in [2.45, 2.75) is 0 Å². The molecule has 0 heterocycles. The van der Waals surface area contributed by atoms with Crippen LogP contribution in [0.15, 0.2) is 115 Å². The number of phenols is 1. The molecule has 0 spiro atoms. The molecule has 0 aliphatic carbocycles. The van der Waals surface area contributed by atoms with E-state index in [0.717, 1.165) is 15.9 Å². The number of phenolic OH excluding ortho intramolecular Hbond substituents is 1. The van der Waals surface area contributed by atoms with Crippen molar-refractivity contribution in [2.24, 2.45) is 0 Å². The van der Waals surface area contributed by atoms with Gasteiger partial charge >= 0.3 is 29.6 Å². The van der Waals surface area contributed by atoms with Gasteiger partial charge < -0.3 is 14.8 Å². The third-order valence-corrected chi connectivity index (χ3v) is 7.27. The molecule has 5 heteroatoms. The van der Waals surface area contributed by atoms with Crippen molar-refractivity contribution < 1.29 is 44.3 Å². The van der Waals surface area contributed by atoms with Crippen molar-refractivity contribution in [3.63, 3.8) is 0 Å². The van der Waals surface area contributed by atoms with Gasteiger partial charge in [-0.2, -0.15) is 0 Å². The van der Waals surface area contributed by atoms with Crippen molar-refractivity contribution >= 4 is 23.1 Å². The summed E-state index contributed by atoms with van der Waals surface area (Å²) in [7, 11) is -2.91. The Hall–Kier alpha value is -2.29. The minimum Gasteiger partial charge on any atom is -0.872 e. The zero-order chi connectivity index (χ0) is 19.8. The molecule has 3 nitrogen and oxygen atoms in total. The Labute approximate surface area is 193 Å². The van der Waals surface area contributed by atoms with Crippen LogP contribution in [0.1, 0.15) is 0 Å². The average Bonchev–Trinajstić information content (AvgIpc) is 2.76. The van der Waals surface area contributed by atoms with Gasteiger partial charge in [0, 0.05) is 15.9 Å². The van der Waals surface area contributed by atoms with Crippen LogP contribution in [0.2, 0.25) is 0 Å². The van der Waals surface area contributed by atoms with Gasteiger partial charge in [0.05, 0.1) is 0 Å². The summed E-state index contributed by atoms with van der Waals surface area (Å²) in [6.07, 6.45) is 0. The normalized spacial score (nSPS) is 10.2. The Morgan fingerprint density at radius 3 is 1.24 bits per heavy atom. The summed E-state index contributed by atoms with van der Waals surface area (Å²) >= 11 is 0. The van der Waals surface area contributed by atoms with E-state index in [2.05, 4.69) is 0 Å². The van der Waals surface area contributed by atoms with E-state index >= 15 is 0 Å². The maximum absolute atomic E-state index is 13.8. The van der Waals surface area contributed by atoms with Gasteiger partial charge in [0.15, 0.2) is 7.14 Å². The zero-order valence-corrected chi connectivity index (χ0v) is 19.1. The van der Waals surface area contributed by atoms with Crippen LogP contribution in [0.5, 0.6) is 11.5 Å². The summed E-state index contributed by atoms with van der Waals surface area (Å²) in [5, 5.41) is 22.1. The molecule has 0 aliphatic heterocycles. The first kappa shape index (κ1) is 23.0. The maximum atomic E-state index is 13.8. The SMILES string of the molecule is O=P(c1ccccc1)(c1ccccc1)c1ccc(O)cc1.[Na+].[O-]c1ccccc1. The van der Waals surface area contributed by atoms with Crippen LogP contribution < -0.4 is 50.6 Å². The molecule has 1 N–H and O–H groups in total. The van der Waals surface area contributed by atoms with E-state index in [4.69, 9.17) is 0 Å². The molecular weight excluding hydrogens is 390 g/mol. The van der Waals surface area contributed by atoms with E-state index in [9.17, 15) is 14.8 Å². The van der Waals surface area contributed by atoms with Crippen LogP contribution in [-0.4, -0.2) is 5.11 Å². The van der Waals surface area contributed by atoms with Crippen molar-refractivity contribution in [1.82, 2.24) is 0 Å². The molecule has 0 unspecified atom stereocenters. The van der Waals surface area contributed by atoms with Crippen LogP contribution in [0.4, 0.5) is 0 Å². The summed E-state index contributed by atoms with van der Waals surface area (Å²) in [5.74, 6) is 0.244. The van der Waals surface area contributed by atoms with E-state index in [0.29, 0.717) is 0 Å². The topological polar surface area (TPSA) is 60.4 Å². The number of hydrogen-bond donors (Lipinski definition) is 1. The number of benzene rings is 4.